The maximum Gasteiger partial charge on any atom is 0.173 e. The highest BCUT2D eigenvalue weighted by Gasteiger charge is 2.25. The van der Waals surface area contributed by atoms with Gasteiger partial charge in [-0.3, -0.25) is 0 Å². The molecule has 0 unspecified atom stereocenters. The van der Waals surface area contributed by atoms with Crippen molar-refractivity contribution < 1.29 is 4.52 Å². The van der Waals surface area contributed by atoms with Crippen molar-refractivity contribution in [3.63, 3.8) is 0 Å². The first kappa shape index (κ1) is 14.2. The number of hydrogen-bond acceptors (Lipinski definition) is 3. The lowest BCUT2D eigenvalue weighted by Crippen LogP contribution is -2.32. The Bertz CT molecular complexity index is 830. The number of anilines is 1. The minimum Gasteiger partial charge on any atom is -0.364 e. The van der Waals surface area contributed by atoms with Gasteiger partial charge in [0.15, 0.2) is 5.11 Å². The van der Waals surface area contributed by atoms with E-state index >= 15 is 0 Å². The summed E-state index contributed by atoms with van der Waals surface area (Å²) >= 11 is 5.57. The summed E-state index contributed by atoms with van der Waals surface area (Å²) in [6.45, 7) is 1.94. The van der Waals surface area contributed by atoms with Crippen LogP contribution in [0.3, 0.4) is 0 Å². The third-order valence-corrected chi connectivity index (χ3v) is 4.72. The quantitative estimate of drug-likeness (QED) is 0.722. The van der Waals surface area contributed by atoms with Gasteiger partial charge in [-0.2, -0.15) is 0 Å². The van der Waals surface area contributed by atoms with Crippen LogP contribution in [0.25, 0.3) is 10.9 Å². The summed E-state index contributed by atoms with van der Waals surface area (Å²) in [5, 5.41) is 9.04. The average molecular weight is 323 g/mol. The lowest BCUT2D eigenvalue weighted by Gasteiger charge is -2.20. The van der Waals surface area contributed by atoms with Gasteiger partial charge in [0, 0.05) is 30.1 Å². The van der Waals surface area contributed by atoms with Crippen LogP contribution in [-0.4, -0.2) is 28.3 Å². The molecule has 1 aromatic heterocycles. The van der Waals surface area contributed by atoms with Gasteiger partial charge in [-0.25, -0.2) is 0 Å². The molecule has 1 N–H and O–H groups in total. The molecule has 116 valence electrons. The fourth-order valence-electron chi connectivity index (χ4n) is 3.08. The van der Waals surface area contributed by atoms with E-state index in [2.05, 4.69) is 45.7 Å². The fourth-order valence-corrected chi connectivity index (χ4v) is 3.37. The standard InChI is InChI=1S/C18H17N3OS/c23-18(19-16-7-6-15-12-22-20-17(15)10-16)21-9-8-14(11-21)13-4-2-1-3-5-13/h1-7,10,12,14H,8-9,11H2,(H,19,23)/t14-/m0/s1. The minimum atomic E-state index is 0.550. The molecule has 0 aliphatic carbocycles. The van der Waals surface area contributed by atoms with Crippen LogP contribution < -0.4 is 5.32 Å². The summed E-state index contributed by atoms with van der Waals surface area (Å²) in [4.78, 5) is 2.24. The van der Waals surface area contributed by atoms with Crippen molar-refractivity contribution >= 4 is 33.9 Å². The van der Waals surface area contributed by atoms with Crippen molar-refractivity contribution in [3.05, 3.63) is 60.4 Å². The molecule has 0 saturated carbocycles. The van der Waals surface area contributed by atoms with Crippen molar-refractivity contribution in [1.82, 2.24) is 10.1 Å². The van der Waals surface area contributed by atoms with Crippen molar-refractivity contribution in [1.29, 1.82) is 0 Å². The highest BCUT2D eigenvalue weighted by atomic mass is 32.1. The van der Waals surface area contributed by atoms with E-state index in [1.165, 1.54) is 5.56 Å². The number of likely N-dealkylation sites (tertiary alicyclic amines) is 1. The molecule has 0 spiro atoms. The van der Waals surface area contributed by atoms with E-state index in [-0.39, 0.29) is 0 Å². The maximum absolute atomic E-state index is 5.57. The molecule has 1 aliphatic rings. The number of rotatable bonds is 2. The second-order valence-corrected chi connectivity index (χ2v) is 6.25. The number of nitrogens with one attached hydrogen (secondary N) is 1. The van der Waals surface area contributed by atoms with Gasteiger partial charge in [-0.1, -0.05) is 35.5 Å². The number of nitrogens with zero attached hydrogens (tertiary/aromatic N) is 2. The summed E-state index contributed by atoms with van der Waals surface area (Å²) in [6, 6.07) is 16.6. The Kier molecular flexibility index (Phi) is 3.71. The summed E-state index contributed by atoms with van der Waals surface area (Å²) in [7, 11) is 0. The van der Waals surface area contributed by atoms with Gasteiger partial charge >= 0.3 is 0 Å². The Morgan fingerprint density at radius 3 is 2.96 bits per heavy atom. The van der Waals surface area contributed by atoms with E-state index in [1.807, 2.05) is 18.2 Å². The molecule has 0 amide bonds. The van der Waals surface area contributed by atoms with Crippen molar-refractivity contribution in [3.8, 4) is 0 Å². The zero-order valence-electron chi connectivity index (χ0n) is 12.6. The number of fused-ring (bicyclic) bond motifs is 1. The Morgan fingerprint density at radius 1 is 1.22 bits per heavy atom. The van der Waals surface area contributed by atoms with Crippen LogP contribution in [0.1, 0.15) is 17.9 Å². The second kappa shape index (κ2) is 6.01. The predicted molar refractivity (Wildman–Crippen MR) is 95.6 cm³/mol. The van der Waals surface area contributed by atoms with Gasteiger partial charge in [0.2, 0.25) is 0 Å². The molecule has 2 heterocycles. The third-order valence-electron chi connectivity index (χ3n) is 4.36. The van der Waals surface area contributed by atoms with Gasteiger partial charge in [0.05, 0.1) is 0 Å². The number of hydrogen-bond donors (Lipinski definition) is 1. The minimum absolute atomic E-state index is 0.550. The first-order chi connectivity index (χ1) is 11.3. The van der Waals surface area contributed by atoms with Crippen LogP contribution in [0.5, 0.6) is 0 Å². The number of aromatic nitrogens is 1. The Labute approximate surface area is 140 Å². The molecule has 0 radical (unpaired) electrons. The van der Waals surface area contributed by atoms with Gasteiger partial charge in [0.1, 0.15) is 11.8 Å². The Balaban J connectivity index is 1.43. The molecule has 5 heteroatoms. The van der Waals surface area contributed by atoms with Crippen LogP contribution in [0.15, 0.2) is 59.3 Å². The molecule has 3 aromatic rings. The monoisotopic (exact) mass is 323 g/mol. The largest absolute Gasteiger partial charge is 0.364 e. The van der Waals surface area contributed by atoms with Crippen LogP contribution in [-0.2, 0) is 0 Å². The van der Waals surface area contributed by atoms with Crippen molar-refractivity contribution in [2.45, 2.75) is 12.3 Å². The van der Waals surface area contributed by atoms with E-state index in [0.29, 0.717) is 5.92 Å². The topological polar surface area (TPSA) is 41.3 Å². The van der Waals surface area contributed by atoms with Crippen molar-refractivity contribution in [2.75, 3.05) is 18.4 Å². The zero-order valence-corrected chi connectivity index (χ0v) is 13.4. The molecule has 23 heavy (non-hydrogen) atoms. The summed E-state index contributed by atoms with van der Waals surface area (Å²) in [5.41, 5.74) is 3.17. The molecule has 4 nitrogen and oxygen atoms in total. The Hall–Kier alpha value is -2.40. The molecule has 1 fully saturated rings. The summed E-state index contributed by atoms with van der Waals surface area (Å²) < 4.78 is 4.97. The van der Waals surface area contributed by atoms with E-state index in [1.54, 1.807) is 6.26 Å². The molecule has 0 bridgehead atoms. The molecular formula is C18H17N3OS. The predicted octanol–water partition coefficient (Wildman–Crippen LogP) is 4.01. The highest BCUT2D eigenvalue weighted by molar-refractivity contribution is 7.80. The highest BCUT2D eigenvalue weighted by Crippen LogP contribution is 2.27. The SMILES string of the molecule is S=C(Nc1ccc2conc2c1)N1CC[C@H](c2ccccc2)C1. The van der Waals surface area contributed by atoms with Crippen LogP contribution >= 0.6 is 12.2 Å². The second-order valence-electron chi connectivity index (χ2n) is 5.86. The van der Waals surface area contributed by atoms with E-state index < -0.39 is 0 Å². The van der Waals surface area contributed by atoms with Gasteiger partial charge in [-0.15, -0.1) is 0 Å². The van der Waals surface area contributed by atoms with Gasteiger partial charge < -0.3 is 14.7 Å². The maximum atomic E-state index is 5.57. The molecule has 2 aromatic carbocycles. The van der Waals surface area contributed by atoms with Crippen LogP contribution in [0.2, 0.25) is 0 Å². The molecule has 1 atom stereocenters. The average Bonchev–Trinajstić information content (AvgIpc) is 3.24. The first-order valence-electron chi connectivity index (χ1n) is 7.74. The number of thiocarbonyl (C=S) groups is 1. The third kappa shape index (κ3) is 2.92. The molecule has 4 rings (SSSR count). The van der Waals surface area contributed by atoms with Crippen molar-refractivity contribution in [2.24, 2.45) is 0 Å². The first-order valence-corrected chi connectivity index (χ1v) is 8.15. The Morgan fingerprint density at radius 2 is 2.09 bits per heavy atom. The summed E-state index contributed by atoms with van der Waals surface area (Å²) in [6.07, 6.45) is 2.77. The molecule has 1 aliphatic heterocycles. The van der Waals surface area contributed by atoms with Gasteiger partial charge in [0.25, 0.3) is 0 Å². The normalized spacial score (nSPS) is 17.6. The molecule has 1 saturated heterocycles. The summed E-state index contributed by atoms with van der Waals surface area (Å²) in [5.74, 6) is 0.550. The van der Waals surface area contributed by atoms with Crippen LogP contribution in [0.4, 0.5) is 5.69 Å². The van der Waals surface area contributed by atoms with E-state index in [0.717, 1.165) is 41.2 Å². The molecular weight excluding hydrogens is 306 g/mol. The van der Waals surface area contributed by atoms with Gasteiger partial charge in [-0.05, 0) is 42.4 Å². The van der Waals surface area contributed by atoms with E-state index in [4.69, 9.17) is 16.7 Å². The number of benzene rings is 2. The lowest BCUT2D eigenvalue weighted by molar-refractivity contribution is 0.428. The zero-order chi connectivity index (χ0) is 15.6. The lowest BCUT2D eigenvalue weighted by atomic mass is 9.99. The fraction of sp³-hybridized carbons (Fsp3) is 0.222. The van der Waals surface area contributed by atoms with Crippen LogP contribution in [0, 0.1) is 0 Å². The smallest absolute Gasteiger partial charge is 0.173 e. The van der Waals surface area contributed by atoms with E-state index in [9.17, 15) is 0 Å².